The highest BCUT2D eigenvalue weighted by Gasteiger charge is 2.27. The van der Waals surface area contributed by atoms with Crippen LogP contribution in [0, 0.1) is 0 Å². The van der Waals surface area contributed by atoms with Crippen LogP contribution in [-0.2, 0) is 13.1 Å². The number of carbonyl (C=O) groups excluding carboxylic acids is 1. The number of fused-ring (bicyclic) bond motifs is 1. The number of amides is 2. The van der Waals surface area contributed by atoms with Crippen molar-refractivity contribution in [3.63, 3.8) is 0 Å². The van der Waals surface area contributed by atoms with Gasteiger partial charge in [-0.15, -0.1) is 0 Å². The second-order valence-electron chi connectivity index (χ2n) is 8.53. The molecule has 7 nitrogen and oxygen atoms in total. The molecule has 0 bridgehead atoms. The van der Waals surface area contributed by atoms with Gasteiger partial charge in [-0.25, -0.2) is 4.79 Å². The highest BCUT2D eigenvalue weighted by atomic mass is 16.5. The van der Waals surface area contributed by atoms with Gasteiger partial charge in [-0.3, -0.25) is 9.69 Å². The molecule has 1 saturated heterocycles. The zero-order valence-electron chi connectivity index (χ0n) is 19.3. The van der Waals surface area contributed by atoms with Crippen molar-refractivity contribution in [3.05, 3.63) is 76.1 Å². The molecule has 1 fully saturated rings. The van der Waals surface area contributed by atoms with E-state index in [2.05, 4.69) is 22.1 Å². The summed E-state index contributed by atoms with van der Waals surface area (Å²) in [4.78, 5) is 33.2. The number of rotatable bonds is 8. The third kappa shape index (κ3) is 5.54. The lowest BCUT2D eigenvalue weighted by Crippen LogP contribution is -2.47. The summed E-state index contributed by atoms with van der Waals surface area (Å²) in [7, 11) is 1.62. The Kier molecular flexibility index (Phi) is 7.29. The number of pyridine rings is 1. The Morgan fingerprint density at radius 2 is 2.03 bits per heavy atom. The van der Waals surface area contributed by atoms with Crippen molar-refractivity contribution in [2.24, 2.45) is 0 Å². The number of methoxy groups -OCH3 is 1. The molecule has 174 valence electrons. The van der Waals surface area contributed by atoms with E-state index in [1.54, 1.807) is 12.0 Å². The number of hydrogen-bond acceptors (Lipinski definition) is 4. The topological polar surface area (TPSA) is 77.7 Å². The highest BCUT2D eigenvalue weighted by molar-refractivity contribution is 5.81. The predicted molar refractivity (Wildman–Crippen MR) is 130 cm³/mol. The molecule has 7 heteroatoms. The van der Waals surface area contributed by atoms with E-state index in [4.69, 9.17) is 4.74 Å². The molecule has 0 unspecified atom stereocenters. The van der Waals surface area contributed by atoms with Crippen molar-refractivity contribution < 1.29 is 9.53 Å². The van der Waals surface area contributed by atoms with Crippen LogP contribution in [-0.4, -0.2) is 53.6 Å². The molecule has 0 radical (unpaired) electrons. The average Bonchev–Trinajstić information content (AvgIpc) is 3.30. The normalized spacial score (nSPS) is 16.1. The maximum Gasteiger partial charge on any atom is 0.318 e. The van der Waals surface area contributed by atoms with E-state index >= 15 is 0 Å². The number of likely N-dealkylation sites (N-methyl/N-ethyl adjacent to an activating group) is 1. The van der Waals surface area contributed by atoms with Crippen LogP contribution in [0.2, 0.25) is 0 Å². The second-order valence-corrected chi connectivity index (χ2v) is 8.53. The standard InChI is InChI=1S/C26H32N4O3/c1-3-29-13-7-10-22(29)18-30(26(32)27-16-19-8-5-4-6-9-19)17-21-14-20-15-23(33-2)11-12-24(20)28-25(21)31/h4-6,8-9,11-12,14-15,22H,3,7,10,13,16-18H2,1-2H3,(H,27,32)(H,28,31)/t22-/m0/s1. The fourth-order valence-corrected chi connectivity index (χ4v) is 4.56. The SMILES string of the molecule is CCN1CCC[C@H]1CN(Cc1cc2cc(OC)ccc2[nH]c1=O)C(=O)NCc1ccccc1. The molecule has 1 aliphatic rings. The van der Waals surface area contributed by atoms with Gasteiger partial charge in [-0.1, -0.05) is 37.3 Å². The van der Waals surface area contributed by atoms with E-state index < -0.39 is 0 Å². The number of likely N-dealkylation sites (tertiary alicyclic amines) is 1. The molecule has 0 aliphatic carbocycles. The lowest BCUT2D eigenvalue weighted by Gasteiger charge is -2.30. The van der Waals surface area contributed by atoms with Crippen LogP contribution >= 0.6 is 0 Å². The highest BCUT2D eigenvalue weighted by Crippen LogP contribution is 2.21. The second kappa shape index (κ2) is 10.5. The van der Waals surface area contributed by atoms with Gasteiger partial charge in [-0.05, 0) is 55.8 Å². The molecule has 2 N–H and O–H groups in total. The van der Waals surface area contributed by atoms with Gasteiger partial charge in [0.15, 0.2) is 0 Å². The minimum absolute atomic E-state index is 0.160. The Labute approximate surface area is 194 Å². The van der Waals surface area contributed by atoms with Crippen LogP contribution < -0.4 is 15.6 Å². The molecule has 0 saturated carbocycles. The Bertz CT molecular complexity index is 1150. The number of H-pyrrole nitrogens is 1. The molecule has 0 spiro atoms. The van der Waals surface area contributed by atoms with Crippen LogP contribution in [0.4, 0.5) is 4.79 Å². The van der Waals surface area contributed by atoms with E-state index in [0.717, 1.165) is 48.1 Å². The fraction of sp³-hybridized carbons (Fsp3) is 0.385. The molecule has 1 aromatic heterocycles. The van der Waals surface area contributed by atoms with Gasteiger partial charge in [0, 0.05) is 35.6 Å². The molecule has 3 aromatic rings. The Balaban J connectivity index is 1.57. The summed E-state index contributed by atoms with van der Waals surface area (Å²) in [6, 6.07) is 17.4. The number of aromatic nitrogens is 1. The number of aromatic amines is 1. The van der Waals surface area contributed by atoms with Gasteiger partial charge < -0.3 is 19.9 Å². The third-order valence-electron chi connectivity index (χ3n) is 6.40. The van der Waals surface area contributed by atoms with Crippen molar-refractivity contribution in [1.82, 2.24) is 20.1 Å². The average molecular weight is 449 g/mol. The fourth-order valence-electron chi connectivity index (χ4n) is 4.56. The number of nitrogens with one attached hydrogen (secondary N) is 2. The van der Waals surface area contributed by atoms with E-state index in [-0.39, 0.29) is 18.1 Å². The van der Waals surface area contributed by atoms with Gasteiger partial charge in [0.1, 0.15) is 5.75 Å². The van der Waals surface area contributed by atoms with Crippen LogP contribution in [0.15, 0.2) is 59.4 Å². The number of urea groups is 1. The zero-order chi connectivity index (χ0) is 23.2. The number of ether oxygens (including phenoxy) is 1. The summed E-state index contributed by atoms with van der Waals surface area (Å²) in [5.41, 5.74) is 2.18. The first kappa shape index (κ1) is 22.9. The molecule has 1 atom stereocenters. The number of carbonyl (C=O) groups is 1. The molecule has 4 rings (SSSR count). The van der Waals surface area contributed by atoms with Crippen LogP contribution in [0.25, 0.3) is 10.9 Å². The van der Waals surface area contributed by atoms with E-state index in [9.17, 15) is 9.59 Å². The van der Waals surface area contributed by atoms with Crippen LogP contribution in [0.1, 0.15) is 30.9 Å². The molecular weight excluding hydrogens is 416 g/mol. The van der Waals surface area contributed by atoms with Crippen molar-refractivity contribution >= 4 is 16.9 Å². The smallest absolute Gasteiger partial charge is 0.318 e. The van der Waals surface area contributed by atoms with Gasteiger partial charge >= 0.3 is 6.03 Å². The lowest BCUT2D eigenvalue weighted by atomic mass is 10.1. The maximum atomic E-state index is 13.2. The summed E-state index contributed by atoms with van der Waals surface area (Å²) < 4.78 is 5.33. The van der Waals surface area contributed by atoms with Crippen molar-refractivity contribution in [3.8, 4) is 5.75 Å². The quantitative estimate of drug-likeness (QED) is 0.550. The number of benzene rings is 2. The zero-order valence-corrected chi connectivity index (χ0v) is 19.3. The monoisotopic (exact) mass is 448 g/mol. The van der Waals surface area contributed by atoms with Gasteiger partial charge in [0.05, 0.1) is 13.7 Å². The molecule has 2 aromatic carbocycles. The van der Waals surface area contributed by atoms with Gasteiger partial charge in [0.25, 0.3) is 5.56 Å². The molecule has 33 heavy (non-hydrogen) atoms. The molecule has 1 aliphatic heterocycles. The lowest BCUT2D eigenvalue weighted by molar-refractivity contribution is 0.164. The van der Waals surface area contributed by atoms with Crippen molar-refractivity contribution in [1.29, 1.82) is 0 Å². The van der Waals surface area contributed by atoms with Crippen molar-refractivity contribution in [2.75, 3.05) is 26.7 Å². The summed E-state index contributed by atoms with van der Waals surface area (Å²) in [6.07, 6.45) is 2.19. The summed E-state index contributed by atoms with van der Waals surface area (Å²) >= 11 is 0. The first-order chi connectivity index (χ1) is 16.1. The van der Waals surface area contributed by atoms with Gasteiger partial charge in [0.2, 0.25) is 0 Å². The summed E-state index contributed by atoms with van der Waals surface area (Å²) in [5.74, 6) is 0.725. The largest absolute Gasteiger partial charge is 0.497 e. The minimum Gasteiger partial charge on any atom is -0.497 e. The van der Waals surface area contributed by atoms with Crippen LogP contribution in [0.3, 0.4) is 0 Å². The van der Waals surface area contributed by atoms with E-state index in [1.165, 1.54) is 0 Å². The molecule has 2 heterocycles. The van der Waals surface area contributed by atoms with E-state index in [1.807, 2.05) is 54.6 Å². The summed E-state index contributed by atoms with van der Waals surface area (Å²) in [5, 5.41) is 3.92. The van der Waals surface area contributed by atoms with Crippen molar-refractivity contribution in [2.45, 2.75) is 38.9 Å². The molecule has 2 amide bonds. The molecular formula is C26H32N4O3. The minimum atomic E-state index is -0.174. The number of nitrogens with zero attached hydrogens (tertiary/aromatic N) is 2. The third-order valence-corrected chi connectivity index (χ3v) is 6.40. The van der Waals surface area contributed by atoms with Crippen LogP contribution in [0.5, 0.6) is 5.75 Å². The Morgan fingerprint density at radius 1 is 1.21 bits per heavy atom. The number of hydrogen-bond donors (Lipinski definition) is 2. The predicted octanol–water partition coefficient (Wildman–Crippen LogP) is 3.73. The van der Waals surface area contributed by atoms with Gasteiger partial charge in [-0.2, -0.15) is 0 Å². The Hall–Kier alpha value is -3.32. The van der Waals surface area contributed by atoms with E-state index in [0.29, 0.717) is 24.7 Å². The first-order valence-corrected chi connectivity index (χ1v) is 11.6. The summed E-state index contributed by atoms with van der Waals surface area (Å²) in [6.45, 7) is 5.45. The maximum absolute atomic E-state index is 13.2. The Morgan fingerprint density at radius 3 is 2.79 bits per heavy atom. The first-order valence-electron chi connectivity index (χ1n) is 11.6.